The van der Waals surface area contributed by atoms with Crippen molar-refractivity contribution in [3.05, 3.63) is 100 Å². The first kappa shape index (κ1) is 33.2. The molecule has 1 aromatic heterocycles. The Morgan fingerprint density at radius 3 is 2.16 bits per heavy atom. The Bertz CT molecular complexity index is 1680. The average Bonchev–Trinajstić information content (AvgIpc) is 3.00. The van der Waals surface area contributed by atoms with Gasteiger partial charge < -0.3 is 19.3 Å². The van der Waals surface area contributed by atoms with Crippen molar-refractivity contribution in [1.82, 2.24) is 4.98 Å². The van der Waals surface area contributed by atoms with Crippen LogP contribution in [0.15, 0.2) is 72.3 Å². The fraction of sp³-hybridized carbons (Fsp3) is 0.273. The Hall–Kier alpha value is -4.74. The monoisotopic (exact) mass is 633 g/mol. The fourth-order valence-electron chi connectivity index (χ4n) is 4.42. The summed E-state index contributed by atoms with van der Waals surface area (Å²) in [6, 6.07) is 14.7. The number of halogens is 6. The smallest absolute Gasteiger partial charge is 0.433 e. The molecule has 0 unspecified atom stereocenters. The van der Waals surface area contributed by atoms with Gasteiger partial charge >= 0.3 is 18.3 Å². The minimum atomic E-state index is -4.64. The van der Waals surface area contributed by atoms with Gasteiger partial charge in [0.2, 0.25) is 0 Å². The number of benzene rings is 3. The van der Waals surface area contributed by atoms with Gasteiger partial charge in [-0.2, -0.15) is 26.3 Å². The number of hydrogen-bond acceptors (Lipinski definition) is 5. The minimum absolute atomic E-state index is 0.00410. The highest BCUT2D eigenvalue weighted by Gasteiger charge is 2.33. The van der Waals surface area contributed by atoms with E-state index in [0.717, 1.165) is 24.6 Å². The van der Waals surface area contributed by atoms with E-state index in [1.165, 1.54) is 31.4 Å². The first-order valence-corrected chi connectivity index (χ1v) is 13.8. The Morgan fingerprint density at radius 2 is 1.53 bits per heavy atom. The fourth-order valence-corrected chi connectivity index (χ4v) is 4.42. The first-order valence-electron chi connectivity index (χ1n) is 13.8. The molecule has 0 bridgehead atoms. The van der Waals surface area contributed by atoms with Crippen molar-refractivity contribution in [2.24, 2.45) is 0 Å². The maximum atomic E-state index is 13.2. The number of rotatable bonds is 12. The number of aromatic nitrogens is 1. The zero-order valence-electron chi connectivity index (χ0n) is 24.3. The maximum absolute atomic E-state index is 13.2. The van der Waals surface area contributed by atoms with Crippen molar-refractivity contribution < 1.29 is 50.5 Å². The third-order valence-corrected chi connectivity index (χ3v) is 6.81. The van der Waals surface area contributed by atoms with E-state index in [9.17, 15) is 36.2 Å². The van der Waals surface area contributed by atoms with Gasteiger partial charge in [-0.25, -0.2) is 9.78 Å². The van der Waals surface area contributed by atoms with E-state index in [0.29, 0.717) is 46.4 Å². The van der Waals surface area contributed by atoms with E-state index in [4.69, 9.17) is 14.2 Å². The van der Waals surface area contributed by atoms with Gasteiger partial charge in [-0.1, -0.05) is 31.5 Å². The Labute approximate surface area is 254 Å². The zero-order valence-corrected chi connectivity index (χ0v) is 24.3. The van der Waals surface area contributed by atoms with Crippen LogP contribution < -0.4 is 14.2 Å². The van der Waals surface area contributed by atoms with Crippen LogP contribution in [0.2, 0.25) is 0 Å². The normalized spacial score (nSPS) is 12.3. The second-order valence-corrected chi connectivity index (χ2v) is 10.1. The predicted octanol–water partition coefficient (Wildman–Crippen LogP) is 9.10. The molecule has 1 N–H and O–H groups in total. The highest BCUT2D eigenvalue weighted by molar-refractivity contribution is 5.92. The second kappa shape index (κ2) is 13.9. The molecule has 45 heavy (non-hydrogen) atoms. The second-order valence-electron chi connectivity index (χ2n) is 10.1. The van der Waals surface area contributed by atoms with Crippen LogP contribution in [0.3, 0.4) is 0 Å². The van der Waals surface area contributed by atoms with Gasteiger partial charge in [0.1, 0.15) is 36.2 Å². The summed E-state index contributed by atoms with van der Waals surface area (Å²) in [5.74, 6) is -0.458. The summed E-state index contributed by atoms with van der Waals surface area (Å²) in [6.45, 7) is 1.87. The molecular formula is C33H29F6NO5. The SMILES string of the molecule is CCCCC(=Cc1cc(OCc2ccc3nc(C(F)(F)F)cc(OC)c3c2)ccc1OCc1ccc(C(F)(F)F)cc1)C(=O)O. The molecule has 4 rings (SSSR count). The third-order valence-electron chi connectivity index (χ3n) is 6.81. The standard InChI is InChI=1S/C33H29F6NO5/c1-3-4-5-22(31(41)42)15-23-16-25(11-13-28(23)45-18-20-6-9-24(10-7-20)32(34,35)36)44-19-21-8-12-27-26(14-21)29(43-2)17-30(40-27)33(37,38)39/h6-17H,3-5,18-19H2,1-2H3,(H,41,42). The van der Waals surface area contributed by atoms with Gasteiger partial charge in [-0.05, 0) is 72.5 Å². The topological polar surface area (TPSA) is 77.9 Å². The lowest BCUT2D eigenvalue weighted by Crippen LogP contribution is -2.08. The highest BCUT2D eigenvalue weighted by atomic mass is 19.4. The summed E-state index contributed by atoms with van der Waals surface area (Å²) in [5.41, 5.74) is -0.150. The van der Waals surface area contributed by atoms with Crippen LogP contribution in [-0.2, 0) is 30.4 Å². The number of methoxy groups -OCH3 is 1. The molecule has 12 heteroatoms. The predicted molar refractivity (Wildman–Crippen MR) is 155 cm³/mol. The summed E-state index contributed by atoms with van der Waals surface area (Å²) in [5, 5.41) is 10.1. The number of pyridine rings is 1. The molecule has 6 nitrogen and oxygen atoms in total. The summed E-state index contributed by atoms with van der Waals surface area (Å²) < 4.78 is 95.5. The van der Waals surface area contributed by atoms with Crippen molar-refractivity contribution >= 4 is 22.9 Å². The Balaban J connectivity index is 1.59. The summed E-state index contributed by atoms with van der Waals surface area (Å²) in [6.07, 6.45) is -5.92. The van der Waals surface area contributed by atoms with Crippen molar-refractivity contribution in [3.63, 3.8) is 0 Å². The molecule has 0 aliphatic heterocycles. The molecule has 4 aromatic rings. The molecule has 0 atom stereocenters. The van der Waals surface area contributed by atoms with Crippen molar-refractivity contribution in [2.75, 3.05) is 7.11 Å². The number of aliphatic carboxylic acids is 1. The zero-order chi connectivity index (χ0) is 32.8. The summed E-state index contributed by atoms with van der Waals surface area (Å²) in [7, 11) is 1.26. The molecule has 0 radical (unpaired) electrons. The van der Waals surface area contributed by atoms with Crippen LogP contribution in [0, 0.1) is 0 Å². The number of ether oxygens (including phenoxy) is 3. The van der Waals surface area contributed by atoms with Gasteiger partial charge in [0.15, 0.2) is 0 Å². The van der Waals surface area contributed by atoms with E-state index >= 15 is 0 Å². The lowest BCUT2D eigenvalue weighted by atomic mass is 10.0. The number of nitrogens with zero attached hydrogens (tertiary/aromatic N) is 1. The van der Waals surface area contributed by atoms with E-state index in [-0.39, 0.29) is 30.1 Å². The molecule has 0 aliphatic carbocycles. The molecule has 238 valence electrons. The highest BCUT2D eigenvalue weighted by Crippen LogP contribution is 2.35. The lowest BCUT2D eigenvalue weighted by molar-refractivity contribution is -0.141. The van der Waals surface area contributed by atoms with Crippen LogP contribution in [-0.4, -0.2) is 23.2 Å². The van der Waals surface area contributed by atoms with E-state index in [1.807, 2.05) is 6.92 Å². The molecule has 0 aliphatic rings. The van der Waals surface area contributed by atoms with Crippen molar-refractivity contribution in [1.29, 1.82) is 0 Å². The molecule has 0 saturated carbocycles. The van der Waals surface area contributed by atoms with Crippen molar-refractivity contribution in [2.45, 2.75) is 51.8 Å². The molecule has 0 fully saturated rings. The van der Waals surface area contributed by atoms with Crippen LogP contribution in [0.25, 0.3) is 17.0 Å². The van der Waals surface area contributed by atoms with Crippen LogP contribution in [0.5, 0.6) is 17.2 Å². The van der Waals surface area contributed by atoms with E-state index < -0.39 is 29.6 Å². The van der Waals surface area contributed by atoms with Crippen molar-refractivity contribution in [3.8, 4) is 17.2 Å². The number of unbranched alkanes of at least 4 members (excludes halogenated alkanes) is 1. The van der Waals surface area contributed by atoms with Crippen LogP contribution in [0.1, 0.15) is 54.1 Å². The maximum Gasteiger partial charge on any atom is 0.433 e. The molecule has 0 saturated heterocycles. The molecular weight excluding hydrogens is 604 g/mol. The largest absolute Gasteiger partial charge is 0.496 e. The quantitative estimate of drug-likeness (QED) is 0.124. The Morgan fingerprint density at radius 1 is 0.844 bits per heavy atom. The number of carboxylic acids is 1. The van der Waals surface area contributed by atoms with E-state index in [2.05, 4.69) is 4.98 Å². The van der Waals surface area contributed by atoms with Crippen LogP contribution in [0.4, 0.5) is 26.3 Å². The Kier molecular flexibility index (Phi) is 10.3. The molecule has 0 amide bonds. The third kappa shape index (κ3) is 8.68. The lowest BCUT2D eigenvalue weighted by Gasteiger charge is -2.14. The number of carbonyl (C=O) groups is 1. The number of carboxylic acid groups (broad SMARTS) is 1. The van der Waals surface area contributed by atoms with Crippen LogP contribution >= 0.6 is 0 Å². The average molecular weight is 634 g/mol. The van der Waals surface area contributed by atoms with Gasteiger partial charge in [0.05, 0.1) is 18.2 Å². The number of fused-ring (bicyclic) bond motifs is 1. The minimum Gasteiger partial charge on any atom is -0.496 e. The molecule has 0 spiro atoms. The summed E-state index contributed by atoms with van der Waals surface area (Å²) in [4.78, 5) is 15.6. The first-order chi connectivity index (χ1) is 21.3. The summed E-state index contributed by atoms with van der Waals surface area (Å²) >= 11 is 0. The van der Waals surface area contributed by atoms with Gasteiger partial charge in [-0.3, -0.25) is 0 Å². The van der Waals surface area contributed by atoms with Gasteiger partial charge in [0, 0.05) is 22.6 Å². The van der Waals surface area contributed by atoms with Gasteiger partial charge in [-0.15, -0.1) is 0 Å². The number of alkyl halides is 6. The molecule has 1 heterocycles. The molecule has 3 aromatic carbocycles. The number of hydrogen-bond donors (Lipinski definition) is 1. The van der Waals surface area contributed by atoms with Gasteiger partial charge in [0.25, 0.3) is 0 Å². The van der Waals surface area contributed by atoms with E-state index in [1.54, 1.807) is 30.3 Å².